The lowest BCUT2D eigenvalue weighted by Crippen LogP contribution is -2.20. The first-order valence-corrected chi connectivity index (χ1v) is 14.1. The number of unbranched alkanes of at least 4 members (excludes halogenated alkanes) is 4. The summed E-state index contributed by atoms with van der Waals surface area (Å²) in [6.07, 6.45) is 10.1. The lowest BCUT2D eigenvalue weighted by molar-refractivity contribution is 0.396. The minimum Gasteiger partial charge on any atom is -0.507 e. The molecule has 0 fully saturated rings. The number of phenols is 2. The topological polar surface area (TPSA) is 40.5 Å². The molecule has 0 radical (unpaired) electrons. The molecule has 0 atom stereocenters. The Labute approximate surface area is 216 Å². The van der Waals surface area contributed by atoms with Crippen molar-refractivity contribution in [3.8, 4) is 11.5 Å². The molecule has 0 unspecified atom stereocenters. The summed E-state index contributed by atoms with van der Waals surface area (Å²) in [4.78, 5) is 0. The average Bonchev–Trinajstić information content (AvgIpc) is 2.78. The van der Waals surface area contributed by atoms with Crippen LogP contribution in [-0.2, 0) is 10.8 Å². The Hall–Kier alpha value is -1.96. The Morgan fingerprint density at radius 3 is 1.31 bits per heavy atom. The number of aromatic hydroxyl groups is 2. The van der Waals surface area contributed by atoms with Crippen molar-refractivity contribution in [1.82, 2.24) is 0 Å². The summed E-state index contributed by atoms with van der Waals surface area (Å²) in [7, 11) is 0. The SMILES string of the molecule is CCCCCC(C)(C)c1cc(C)cc(C(CC)c2cc(C)cc(C(C)(C)CCCCC)c2O)c1O. The maximum absolute atomic E-state index is 11.6. The van der Waals surface area contributed by atoms with Crippen molar-refractivity contribution in [2.24, 2.45) is 0 Å². The molecule has 0 amide bonds. The Morgan fingerprint density at radius 1 is 0.629 bits per heavy atom. The smallest absolute Gasteiger partial charge is 0.123 e. The van der Waals surface area contributed by atoms with Gasteiger partial charge in [0, 0.05) is 28.2 Å². The largest absolute Gasteiger partial charge is 0.507 e. The van der Waals surface area contributed by atoms with Crippen LogP contribution in [0.15, 0.2) is 24.3 Å². The summed E-state index contributed by atoms with van der Waals surface area (Å²) in [5.74, 6) is 0.771. The van der Waals surface area contributed by atoms with Crippen LogP contribution < -0.4 is 0 Å². The molecule has 35 heavy (non-hydrogen) atoms. The van der Waals surface area contributed by atoms with Gasteiger partial charge in [-0.1, -0.05) is 122 Å². The fourth-order valence-corrected chi connectivity index (χ4v) is 5.69. The fourth-order valence-electron chi connectivity index (χ4n) is 5.69. The van der Waals surface area contributed by atoms with Gasteiger partial charge in [0.1, 0.15) is 11.5 Å². The van der Waals surface area contributed by atoms with E-state index in [9.17, 15) is 10.2 Å². The molecule has 0 aliphatic rings. The lowest BCUT2D eigenvalue weighted by atomic mass is 9.74. The second-order valence-electron chi connectivity index (χ2n) is 12.1. The third-order valence-corrected chi connectivity index (χ3v) is 8.00. The van der Waals surface area contributed by atoms with Gasteiger partial charge in [0.15, 0.2) is 0 Å². The van der Waals surface area contributed by atoms with Crippen LogP contribution in [0.4, 0.5) is 0 Å². The zero-order valence-electron chi connectivity index (χ0n) is 24.1. The van der Waals surface area contributed by atoms with Crippen LogP contribution >= 0.6 is 0 Å². The molecule has 2 rings (SSSR count). The van der Waals surface area contributed by atoms with E-state index in [2.05, 4.69) is 86.6 Å². The van der Waals surface area contributed by atoms with Crippen LogP contribution in [0, 0.1) is 13.8 Å². The Bertz CT molecular complexity index is 890. The number of aryl methyl sites for hydroxylation is 2. The van der Waals surface area contributed by atoms with Crippen LogP contribution in [0.3, 0.4) is 0 Å². The molecule has 0 bridgehead atoms. The van der Waals surface area contributed by atoms with Gasteiger partial charge in [0.25, 0.3) is 0 Å². The highest BCUT2D eigenvalue weighted by Gasteiger charge is 2.31. The van der Waals surface area contributed by atoms with Crippen molar-refractivity contribution < 1.29 is 10.2 Å². The van der Waals surface area contributed by atoms with E-state index in [0.717, 1.165) is 41.5 Å². The van der Waals surface area contributed by atoms with Crippen molar-refractivity contribution >= 4 is 0 Å². The number of rotatable bonds is 13. The summed E-state index contributed by atoms with van der Waals surface area (Å²) in [6, 6.07) is 8.58. The molecule has 2 nitrogen and oxygen atoms in total. The molecule has 0 spiro atoms. The minimum atomic E-state index is -0.0978. The molecule has 196 valence electrons. The summed E-state index contributed by atoms with van der Waals surface area (Å²) in [5, 5.41) is 23.2. The number of hydrogen-bond donors (Lipinski definition) is 2. The van der Waals surface area contributed by atoms with Gasteiger partial charge < -0.3 is 10.2 Å². The van der Waals surface area contributed by atoms with Crippen molar-refractivity contribution in [1.29, 1.82) is 0 Å². The summed E-state index contributed by atoms with van der Waals surface area (Å²) in [5.41, 5.74) is 6.11. The van der Waals surface area contributed by atoms with Crippen LogP contribution in [-0.4, -0.2) is 10.2 Å². The zero-order valence-corrected chi connectivity index (χ0v) is 24.1. The predicted octanol–water partition coefficient (Wildman–Crippen LogP) is 9.97. The van der Waals surface area contributed by atoms with E-state index in [1.54, 1.807) is 0 Å². The Balaban J connectivity index is 2.60. The molecule has 2 N–H and O–H groups in total. The normalized spacial score (nSPS) is 12.5. The second kappa shape index (κ2) is 12.3. The standard InChI is InChI=1S/C33H52O2/c1-10-13-15-17-32(6,7)28-21-23(4)19-26(30(28)34)25(12-3)27-20-24(5)22-29(31(27)35)33(8,9)18-16-14-11-2/h19-22,25,34-35H,10-18H2,1-9H3. The van der Waals surface area contributed by atoms with E-state index in [-0.39, 0.29) is 16.7 Å². The van der Waals surface area contributed by atoms with Crippen LogP contribution in [0.1, 0.15) is 146 Å². The molecular formula is C33H52O2. The van der Waals surface area contributed by atoms with Gasteiger partial charge in [-0.05, 0) is 43.9 Å². The highest BCUT2D eigenvalue weighted by atomic mass is 16.3. The average molecular weight is 481 g/mol. The number of hydrogen-bond acceptors (Lipinski definition) is 2. The molecule has 2 aromatic carbocycles. The summed E-state index contributed by atoms with van der Waals surface area (Å²) < 4.78 is 0. The van der Waals surface area contributed by atoms with Crippen molar-refractivity contribution in [3.63, 3.8) is 0 Å². The maximum Gasteiger partial charge on any atom is 0.123 e. The van der Waals surface area contributed by atoms with E-state index in [0.29, 0.717) is 11.5 Å². The summed E-state index contributed by atoms with van der Waals surface area (Å²) in [6.45, 7) is 19.9. The minimum absolute atomic E-state index is 0.0508. The molecular weight excluding hydrogens is 428 g/mol. The molecule has 0 aliphatic carbocycles. The van der Waals surface area contributed by atoms with Gasteiger partial charge >= 0.3 is 0 Å². The predicted molar refractivity (Wildman–Crippen MR) is 152 cm³/mol. The second-order valence-corrected chi connectivity index (χ2v) is 12.1. The van der Waals surface area contributed by atoms with Crippen LogP contribution in [0.2, 0.25) is 0 Å². The maximum atomic E-state index is 11.6. The van der Waals surface area contributed by atoms with Crippen molar-refractivity contribution in [2.75, 3.05) is 0 Å². The van der Waals surface area contributed by atoms with Gasteiger partial charge in [-0.15, -0.1) is 0 Å². The molecule has 0 aliphatic heterocycles. The first-order valence-electron chi connectivity index (χ1n) is 14.1. The molecule has 0 saturated carbocycles. The highest BCUT2D eigenvalue weighted by molar-refractivity contribution is 5.56. The number of benzene rings is 2. The fraction of sp³-hybridized carbons (Fsp3) is 0.636. The van der Waals surface area contributed by atoms with Crippen molar-refractivity contribution in [3.05, 3.63) is 57.6 Å². The van der Waals surface area contributed by atoms with E-state index < -0.39 is 0 Å². The van der Waals surface area contributed by atoms with Gasteiger partial charge in [0.2, 0.25) is 0 Å². The zero-order chi connectivity index (χ0) is 26.4. The third kappa shape index (κ3) is 7.05. The van der Waals surface area contributed by atoms with Crippen molar-refractivity contribution in [2.45, 2.75) is 137 Å². The first kappa shape index (κ1) is 29.3. The van der Waals surface area contributed by atoms with Gasteiger partial charge in [-0.2, -0.15) is 0 Å². The van der Waals surface area contributed by atoms with Gasteiger partial charge in [-0.3, -0.25) is 0 Å². The molecule has 2 aromatic rings. The highest BCUT2D eigenvalue weighted by Crippen LogP contribution is 2.47. The third-order valence-electron chi connectivity index (χ3n) is 8.00. The Morgan fingerprint density at radius 2 is 1.00 bits per heavy atom. The quantitative estimate of drug-likeness (QED) is 0.280. The summed E-state index contributed by atoms with van der Waals surface area (Å²) >= 11 is 0. The van der Waals surface area contributed by atoms with E-state index in [1.807, 2.05) is 0 Å². The monoisotopic (exact) mass is 480 g/mol. The van der Waals surface area contributed by atoms with Crippen LogP contribution in [0.25, 0.3) is 0 Å². The van der Waals surface area contributed by atoms with Gasteiger partial charge in [0.05, 0.1) is 0 Å². The molecule has 2 heteroatoms. The first-order chi connectivity index (χ1) is 16.4. The Kier molecular flexibility index (Phi) is 10.3. The molecule has 0 saturated heterocycles. The lowest BCUT2D eigenvalue weighted by Gasteiger charge is -2.31. The van der Waals surface area contributed by atoms with E-state index in [4.69, 9.17) is 0 Å². The molecule has 0 aromatic heterocycles. The van der Waals surface area contributed by atoms with Crippen LogP contribution in [0.5, 0.6) is 11.5 Å². The van der Waals surface area contributed by atoms with Gasteiger partial charge in [-0.25, -0.2) is 0 Å². The molecule has 0 heterocycles. The number of phenolic OH excluding ortho intramolecular Hbond substituents is 2. The van der Waals surface area contributed by atoms with E-state index >= 15 is 0 Å². The van der Waals surface area contributed by atoms with E-state index in [1.165, 1.54) is 49.7 Å².